The molecule has 1 unspecified atom stereocenters. The summed E-state index contributed by atoms with van der Waals surface area (Å²) in [7, 11) is 0. The van der Waals surface area contributed by atoms with Crippen LogP contribution in [0.25, 0.3) is 0 Å². The fraction of sp³-hybridized carbons (Fsp3) is 0.667. The maximum absolute atomic E-state index is 5.66. The van der Waals surface area contributed by atoms with Crippen molar-refractivity contribution in [2.75, 3.05) is 5.88 Å². The van der Waals surface area contributed by atoms with Gasteiger partial charge in [-0.3, -0.25) is 0 Å². The summed E-state index contributed by atoms with van der Waals surface area (Å²) in [5, 5.41) is 0.120. The zero-order valence-electron chi connectivity index (χ0n) is 5.07. The molecule has 0 nitrogen and oxygen atoms in total. The molecule has 0 saturated carbocycles. The van der Waals surface area contributed by atoms with Crippen molar-refractivity contribution in [1.82, 2.24) is 0 Å². The fourth-order valence-electron chi connectivity index (χ4n) is 0.376. The van der Waals surface area contributed by atoms with E-state index in [4.69, 9.17) is 23.2 Å². The number of hydrogen-bond acceptors (Lipinski definition) is 0. The number of rotatable bonds is 4. The van der Waals surface area contributed by atoms with E-state index < -0.39 is 0 Å². The second-order valence-corrected chi connectivity index (χ2v) is 2.54. The number of halogens is 2. The van der Waals surface area contributed by atoms with Crippen LogP contribution in [0.15, 0.2) is 12.7 Å². The molecular weight excluding hydrogens is 246 g/mol. The second-order valence-electron chi connectivity index (χ2n) is 1.62. The van der Waals surface area contributed by atoms with Crippen molar-refractivity contribution in [3.05, 3.63) is 12.7 Å². The normalized spacial score (nSPS) is 11.8. The van der Waals surface area contributed by atoms with Crippen molar-refractivity contribution in [2.24, 2.45) is 0 Å². The van der Waals surface area contributed by atoms with Gasteiger partial charge in [-0.1, -0.05) is 6.08 Å². The van der Waals surface area contributed by atoms with Gasteiger partial charge in [-0.25, -0.2) is 0 Å². The molecule has 0 N–H and O–H groups in total. The average Bonchev–Trinajstić information content (AvgIpc) is 1.83. The van der Waals surface area contributed by atoms with E-state index >= 15 is 0 Å². The molecule has 0 spiro atoms. The predicted octanol–water partition coefficient (Wildman–Crippen LogP) is 2.80. The smallest absolute Gasteiger partial charge is 0.0474 e. The minimum atomic E-state index is 0. The first-order valence-electron chi connectivity index (χ1n) is 2.62. The monoisotopic (exact) mass is 255 g/mol. The number of allylic oxidation sites excluding steroid dienone is 1. The molecule has 57 valence electrons. The van der Waals surface area contributed by atoms with Crippen LogP contribution in [0.5, 0.6) is 0 Å². The quantitative estimate of drug-likeness (QED) is 0.412. The minimum Gasteiger partial charge on any atom is -0.125 e. The molecule has 0 aliphatic carbocycles. The van der Waals surface area contributed by atoms with Gasteiger partial charge in [0.15, 0.2) is 0 Å². The molecule has 0 aromatic carbocycles. The Morgan fingerprint density at radius 1 is 1.56 bits per heavy atom. The van der Waals surface area contributed by atoms with Crippen LogP contribution in [0, 0.1) is 0 Å². The maximum atomic E-state index is 5.66. The van der Waals surface area contributed by atoms with Crippen LogP contribution in [0.3, 0.4) is 0 Å². The van der Waals surface area contributed by atoms with Crippen molar-refractivity contribution in [3.63, 3.8) is 0 Å². The van der Waals surface area contributed by atoms with Gasteiger partial charge < -0.3 is 0 Å². The van der Waals surface area contributed by atoms with Crippen molar-refractivity contribution < 1.29 is 19.5 Å². The van der Waals surface area contributed by atoms with Gasteiger partial charge >= 0.3 is 0 Å². The Kier molecular flexibility index (Phi) is 12.5. The molecule has 9 heavy (non-hydrogen) atoms. The topological polar surface area (TPSA) is 0 Å². The van der Waals surface area contributed by atoms with E-state index in [-0.39, 0.29) is 24.9 Å². The van der Waals surface area contributed by atoms with Crippen molar-refractivity contribution in [2.45, 2.75) is 18.2 Å². The van der Waals surface area contributed by atoms with Crippen LogP contribution in [0.1, 0.15) is 12.8 Å². The molecule has 0 aromatic rings. The molecule has 0 aliphatic rings. The zero-order chi connectivity index (χ0) is 6.41. The largest absolute Gasteiger partial charge is 0.125 e. The molecule has 0 rings (SSSR count). The Balaban J connectivity index is 0. The molecule has 0 fully saturated rings. The predicted molar refractivity (Wildman–Crippen MR) is 39.8 cm³/mol. The van der Waals surface area contributed by atoms with E-state index in [9.17, 15) is 0 Å². The maximum Gasteiger partial charge on any atom is 0.0474 e. The minimum absolute atomic E-state index is 0. The summed E-state index contributed by atoms with van der Waals surface area (Å²) in [6.07, 6.45) is 3.75. The van der Waals surface area contributed by atoms with Crippen molar-refractivity contribution >= 4 is 23.2 Å². The molecule has 0 saturated heterocycles. The first-order valence-corrected chi connectivity index (χ1v) is 3.59. The summed E-state index contributed by atoms with van der Waals surface area (Å²) in [6.45, 7) is 3.57. The standard InChI is InChI=1S/C6H10Cl2.Rh/c1-2-3-4-6(8)5-7;/h2,6H,1,3-5H2;. The summed E-state index contributed by atoms with van der Waals surface area (Å²) in [4.78, 5) is 0. The van der Waals surface area contributed by atoms with Gasteiger partial charge in [-0.15, -0.1) is 29.8 Å². The molecule has 1 atom stereocenters. The molecular formula is C6H10Cl2Rh. The van der Waals surface area contributed by atoms with E-state index in [0.29, 0.717) is 5.88 Å². The van der Waals surface area contributed by atoms with Crippen molar-refractivity contribution in [3.8, 4) is 0 Å². The number of hydrogen-bond donors (Lipinski definition) is 0. The van der Waals surface area contributed by atoms with Crippen LogP contribution in [-0.4, -0.2) is 11.3 Å². The fourth-order valence-corrected chi connectivity index (χ4v) is 0.656. The van der Waals surface area contributed by atoms with E-state index in [2.05, 4.69) is 6.58 Å². The SMILES string of the molecule is C=CCCC(Cl)CCl.[Rh]. The first-order chi connectivity index (χ1) is 3.81. The Morgan fingerprint density at radius 3 is 2.44 bits per heavy atom. The Bertz CT molecular complexity index is 66.1. The van der Waals surface area contributed by atoms with E-state index in [0.717, 1.165) is 12.8 Å². The molecule has 0 amide bonds. The summed E-state index contributed by atoms with van der Waals surface area (Å²) < 4.78 is 0. The zero-order valence-corrected chi connectivity index (χ0v) is 8.22. The van der Waals surface area contributed by atoms with Gasteiger partial charge in [0.05, 0.1) is 0 Å². The van der Waals surface area contributed by atoms with Gasteiger partial charge in [0.25, 0.3) is 0 Å². The molecule has 0 heterocycles. The van der Waals surface area contributed by atoms with Crippen LogP contribution in [0.4, 0.5) is 0 Å². The van der Waals surface area contributed by atoms with Crippen LogP contribution < -0.4 is 0 Å². The van der Waals surface area contributed by atoms with Gasteiger partial charge in [-0.2, -0.15) is 0 Å². The van der Waals surface area contributed by atoms with E-state index in [1.54, 1.807) is 0 Å². The third-order valence-electron chi connectivity index (χ3n) is 0.851. The molecule has 3 heteroatoms. The molecule has 0 aliphatic heterocycles. The van der Waals surface area contributed by atoms with E-state index in [1.807, 2.05) is 6.08 Å². The van der Waals surface area contributed by atoms with E-state index in [1.165, 1.54) is 0 Å². The van der Waals surface area contributed by atoms with Gasteiger partial charge in [0.1, 0.15) is 0 Å². The molecule has 1 radical (unpaired) electrons. The Hall–Kier alpha value is 0.943. The summed E-state index contributed by atoms with van der Waals surface area (Å²) in [6, 6.07) is 0. The Labute approximate surface area is 79.4 Å². The summed E-state index contributed by atoms with van der Waals surface area (Å²) >= 11 is 11.1. The average molecular weight is 256 g/mol. The summed E-state index contributed by atoms with van der Waals surface area (Å²) in [5.41, 5.74) is 0. The summed E-state index contributed by atoms with van der Waals surface area (Å²) in [5.74, 6) is 0.537. The number of alkyl halides is 2. The van der Waals surface area contributed by atoms with Crippen molar-refractivity contribution in [1.29, 1.82) is 0 Å². The Morgan fingerprint density at radius 2 is 2.11 bits per heavy atom. The van der Waals surface area contributed by atoms with Gasteiger partial charge in [0, 0.05) is 30.7 Å². The van der Waals surface area contributed by atoms with Gasteiger partial charge in [0.2, 0.25) is 0 Å². The van der Waals surface area contributed by atoms with Crippen LogP contribution >= 0.6 is 23.2 Å². The third kappa shape index (κ3) is 8.94. The molecule has 0 bridgehead atoms. The first kappa shape index (κ1) is 12.6. The van der Waals surface area contributed by atoms with Crippen LogP contribution in [0.2, 0.25) is 0 Å². The third-order valence-corrected chi connectivity index (χ3v) is 1.75. The van der Waals surface area contributed by atoms with Gasteiger partial charge in [-0.05, 0) is 12.8 Å². The molecule has 0 aromatic heterocycles. The van der Waals surface area contributed by atoms with Crippen LogP contribution in [-0.2, 0) is 19.5 Å². The second kappa shape index (κ2) is 8.94.